The van der Waals surface area contributed by atoms with E-state index in [-0.39, 0.29) is 34.0 Å². The van der Waals surface area contributed by atoms with Crippen molar-refractivity contribution in [1.82, 2.24) is 39.0 Å². The Morgan fingerprint density at radius 2 is 1.49 bits per heavy atom. The van der Waals surface area contributed by atoms with Crippen LogP contribution in [0, 0.1) is 0 Å². The van der Waals surface area contributed by atoms with Crippen molar-refractivity contribution in [2.45, 2.75) is 49.2 Å². The van der Waals surface area contributed by atoms with Crippen LogP contribution >= 0.6 is 15.9 Å². The van der Waals surface area contributed by atoms with E-state index >= 15 is 8.78 Å². The van der Waals surface area contributed by atoms with Gasteiger partial charge < -0.3 is 35.7 Å². The standard InChI is InChI=1S/C21H24F2N10O10P2/c22-10-8(1-34)41-21(33-6-31-13-17(25)27-4-29-19(13)33)15(10)43-45(37,38)40-2-9-14(39-7-44(35)36)11(23)20(42-9)32-5-30-12-16(24)26-3-28-18(12)32/h3-6,8-11,14-15,20-21,34H,1-2,7H2,(H5-,24,25,26,27,28,29,35,36,37,38)/p+1/t8-,9-,10?,11?,14?,15?,20-,21-/m1/s1. The number of phosphoric ester groups is 1. The summed E-state index contributed by atoms with van der Waals surface area (Å²) in [6, 6.07) is 0. The molecular formula is C21H25F2N10O10P2+. The molecule has 0 aliphatic carbocycles. The molecule has 242 valence electrons. The number of alkyl halides is 2. The molecule has 0 radical (unpaired) electrons. The third-order valence-corrected chi connectivity index (χ3v) is 8.42. The predicted molar refractivity (Wildman–Crippen MR) is 144 cm³/mol. The highest BCUT2D eigenvalue weighted by Crippen LogP contribution is 2.51. The highest BCUT2D eigenvalue weighted by Gasteiger charge is 2.52. The van der Waals surface area contributed by atoms with E-state index in [1.54, 1.807) is 0 Å². The van der Waals surface area contributed by atoms with E-state index in [2.05, 4.69) is 29.9 Å². The third-order valence-electron chi connectivity index (χ3n) is 7.07. The highest BCUT2D eigenvalue weighted by molar-refractivity contribution is 7.47. The minimum atomic E-state index is -5.20. The lowest BCUT2D eigenvalue weighted by Gasteiger charge is -2.24. The van der Waals surface area contributed by atoms with E-state index in [9.17, 15) is 24.0 Å². The van der Waals surface area contributed by atoms with Crippen LogP contribution in [0.15, 0.2) is 25.3 Å². The number of aliphatic hydroxyl groups excluding tert-OH is 1. The summed E-state index contributed by atoms with van der Waals surface area (Å²) in [6.07, 6.45) is -9.68. The molecule has 2 aliphatic heterocycles. The van der Waals surface area contributed by atoms with Gasteiger partial charge in [-0.15, -0.1) is 0 Å². The number of phosphoric acid groups is 1. The molecule has 2 saturated heterocycles. The maximum Gasteiger partial charge on any atom is 0.534 e. The van der Waals surface area contributed by atoms with E-state index in [4.69, 9.17) is 34.7 Å². The van der Waals surface area contributed by atoms with Crippen molar-refractivity contribution in [1.29, 1.82) is 0 Å². The van der Waals surface area contributed by atoms with Crippen molar-refractivity contribution in [2.75, 3.05) is 31.0 Å². The van der Waals surface area contributed by atoms with Crippen molar-refractivity contribution in [3.8, 4) is 0 Å². The maximum absolute atomic E-state index is 15.7. The first kappa shape index (κ1) is 31.5. The Morgan fingerprint density at radius 1 is 0.911 bits per heavy atom. The van der Waals surface area contributed by atoms with Crippen molar-refractivity contribution in [3.63, 3.8) is 0 Å². The summed E-state index contributed by atoms with van der Waals surface area (Å²) in [7, 11) is -8.06. The van der Waals surface area contributed by atoms with Crippen LogP contribution in [0.5, 0.6) is 0 Å². The topological polar surface area (TPSA) is 280 Å². The molecule has 0 aromatic carbocycles. The van der Waals surface area contributed by atoms with Gasteiger partial charge in [0, 0.05) is 0 Å². The summed E-state index contributed by atoms with van der Waals surface area (Å²) in [6.45, 7) is -1.67. The Morgan fingerprint density at radius 3 is 2.07 bits per heavy atom. The number of nitrogens with zero attached hydrogens (tertiary/aromatic N) is 8. The quantitative estimate of drug-likeness (QED) is 0.129. The number of aliphatic hydroxyl groups is 1. The van der Waals surface area contributed by atoms with Crippen LogP contribution in [0.25, 0.3) is 22.3 Å². The smallest absolute Gasteiger partial charge is 0.394 e. The summed E-state index contributed by atoms with van der Waals surface area (Å²) in [5.41, 5.74) is 12.1. The summed E-state index contributed by atoms with van der Waals surface area (Å²) >= 11 is 0. The summed E-state index contributed by atoms with van der Waals surface area (Å²) < 4.78 is 84.6. The van der Waals surface area contributed by atoms with Gasteiger partial charge in [0.05, 0.1) is 25.9 Å². The average Bonchev–Trinajstić information content (AvgIpc) is 3.76. The van der Waals surface area contributed by atoms with Gasteiger partial charge in [-0.1, -0.05) is 0 Å². The fourth-order valence-corrected chi connectivity index (χ4v) is 6.27. The molecule has 4 aromatic rings. The number of ether oxygens (including phenoxy) is 3. The number of fused-ring (bicyclic) bond motifs is 2. The van der Waals surface area contributed by atoms with Crippen LogP contribution in [0.3, 0.4) is 0 Å². The van der Waals surface area contributed by atoms with Crippen LogP contribution in [-0.4, -0.2) is 110 Å². The number of rotatable bonds is 11. The van der Waals surface area contributed by atoms with Crippen LogP contribution in [-0.2, 0) is 32.4 Å². The molecular weight excluding hydrogens is 652 g/mol. The van der Waals surface area contributed by atoms with Gasteiger partial charge in [0.25, 0.3) is 6.35 Å². The average molecular weight is 677 g/mol. The van der Waals surface area contributed by atoms with Gasteiger partial charge in [-0.05, 0) is 4.57 Å². The van der Waals surface area contributed by atoms with E-state index < -0.39 is 84.6 Å². The Bertz CT molecular complexity index is 1770. The molecule has 20 nitrogen and oxygen atoms in total. The highest BCUT2D eigenvalue weighted by atomic mass is 31.2. The molecule has 10 atom stereocenters. The van der Waals surface area contributed by atoms with Gasteiger partial charge in [-0.25, -0.2) is 43.2 Å². The SMILES string of the molecule is Nc1ncnc2c1ncn2[C@@H]1O[C@H](COP(=O)(O)OC2C(F)[C@@H](CO)O[C@H]2n2cnc3c(N)ncnc32)C(OC[P+](=O)O)C1F. The fourth-order valence-electron chi connectivity index (χ4n) is 5.04. The first-order valence-corrected chi connectivity index (χ1v) is 15.8. The molecule has 0 bridgehead atoms. The number of hydrogen-bond acceptors (Lipinski definition) is 16. The normalized spacial score (nSPS) is 30.3. The Hall–Kier alpha value is -3.43. The van der Waals surface area contributed by atoms with Crippen molar-refractivity contribution in [3.05, 3.63) is 25.3 Å². The molecule has 6 rings (SSSR count). The first-order chi connectivity index (χ1) is 21.5. The molecule has 24 heteroatoms. The zero-order valence-corrected chi connectivity index (χ0v) is 24.4. The van der Waals surface area contributed by atoms with Crippen LogP contribution in [0.2, 0.25) is 0 Å². The zero-order chi connectivity index (χ0) is 32.0. The van der Waals surface area contributed by atoms with Crippen molar-refractivity contribution in [2.24, 2.45) is 0 Å². The minimum absolute atomic E-state index is 0.00374. The van der Waals surface area contributed by atoms with E-state index in [0.717, 1.165) is 12.7 Å². The second-order valence-electron chi connectivity index (χ2n) is 9.81. The van der Waals surface area contributed by atoms with Gasteiger partial charge >= 0.3 is 15.9 Å². The minimum Gasteiger partial charge on any atom is -0.394 e. The summed E-state index contributed by atoms with van der Waals surface area (Å²) in [5, 5.41) is 9.62. The van der Waals surface area contributed by atoms with Gasteiger partial charge in [-0.3, -0.25) is 18.2 Å². The van der Waals surface area contributed by atoms with Gasteiger partial charge in [-0.2, -0.15) is 4.89 Å². The lowest BCUT2D eigenvalue weighted by atomic mass is 10.1. The van der Waals surface area contributed by atoms with Gasteiger partial charge in [0.1, 0.15) is 48.1 Å². The monoisotopic (exact) mass is 677 g/mol. The summed E-state index contributed by atoms with van der Waals surface area (Å²) in [4.78, 5) is 43.6. The number of hydrogen-bond donors (Lipinski definition) is 5. The van der Waals surface area contributed by atoms with Crippen LogP contribution in [0.1, 0.15) is 12.5 Å². The van der Waals surface area contributed by atoms with Crippen molar-refractivity contribution >= 4 is 49.8 Å². The van der Waals surface area contributed by atoms with Crippen LogP contribution in [0.4, 0.5) is 20.4 Å². The number of imidazole rings is 2. The number of aromatic nitrogens is 8. The predicted octanol–water partition coefficient (Wildman–Crippen LogP) is -0.126. The molecule has 7 N–H and O–H groups in total. The number of nitrogen functional groups attached to an aromatic ring is 2. The third kappa shape index (κ3) is 5.97. The van der Waals surface area contributed by atoms with E-state index in [0.29, 0.717) is 0 Å². The molecule has 2 aliphatic rings. The molecule has 4 aromatic heterocycles. The molecule has 0 saturated carbocycles. The van der Waals surface area contributed by atoms with E-state index in [1.807, 2.05) is 0 Å². The second kappa shape index (κ2) is 12.4. The fraction of sp³-hybridized carbons (Fsp3) is 0.524. The largest absolute Gasteiger partial charge is 0.534 e. The van der Waals surface area contributed by atoms with E-state index in [1.165, 1.54) is 21.8 Å². The summed E-state index contributed by atoms with van der Waals surface area (Å²) in [5.74, 6) is 0.0166. The first-order valence-electron chi connectivity index (χ1n) is 13.0. The zero-order valence-electron chi connectivity index (χ0n) is 22.6. The van der Waals surface area contributed by atoms with Gasteiger partial charge in [0.15, 0.2) is 47.7 Å². The number of nitrogens with two attached hydrogens (primary N) is 2. The lowest BCUT2D eigenvalue weighted by molar-refractivity contribution is -0.0645. The number of halogens is 2. The molecule has 6 heterocycles. The molecule has 45 heavy (non-hydrogen) atoms. The Balaban J connectivity index is 1.21. The Kier molecular flexibility index (Phi) is 8.69. The van der Waals surface area contributed by atoms with Gasteiger partial charge in [0.2, 0.25) is 0 Å². The molecule has 6 unspecified atom stereocenters. The van der Waals surface area contributed by atoms with Crippen molar-refractivity contribution < 1.29 is 56.1 Å². The second-order valence-corrected chi connectivity index (χ2v) is 12.2. The maximum atomic E-state index is 15.7. The Labute approximate surface area is 250 Å². The molecule has 2 fully saturated rings. The lowest BCUT2D eigenvalue weighted by Crippen LogP contribution is -2.35. The number of anilines is 2. The molecule has 0 spiro atoms. The molecule has 0 amide bonds. The van der Waals surface area contributed by atoms with Crippen LogP contribution < -0.4 is 11.5 Å².